The molecule has 2 rings (SSSR count). The van der Waals surface area contributed by atoms with Crippen LogP contribution >= 0.6 is 11.8 Å². The number of hydrogen-bond donors (Lipinski definition) is 1. The average Bonchev–Trinajstić information content (AvgIpc) is 2.95. The number of rotatable bonds is 7. The number of hydrogen-bond acceptors (Lipinski definition) is 5. The number of aromatic nitrogens is 1. The molecule has 0 aliphatic rings. The normalized spacial score (nSPS) is 11.1. The third-order valence-electron chi connectivity index (χ3n) is 2.79. The van der Waals surface area contributed by atoms with E-state index in [0.29, 0.717) is 5.22 Å². The molecule has 5 heteroatoms. The molecule has 2 aromatic heterocycles. The highest BCUT2D eigenvalue weighted by Gasteiger charge is 2.08. The maximum Gasteiger partial charge on any atom is 0.256 e. The summed E-state index contributed by atoms with van der Waals surface area (Å²) in [7, 11) is 0. The number of thioether (sulfide) groups is 1. The molecule has 2 heterocycles. The van der Waals surface area contributed by atoms with E-state index in [4.69, 9.17) is 8.83 Å². The molecule has 4 nitrogen and oxygen atoms in total. The highest BCUT2D eigenvalue weighted by molar-refractivity contribution is 7.98. The Kier molecular flexibility index (Phi) is 5.10. The summed E-state index contributed by atoms with van der Waals surface area (Å²) in [6.45, 7) is 7.83. The van der Waals surface area contributed by atoms with Gasteiger partial charge in [-0.25, -0.2) is 4.98 Å². The lowest BCUT2D eigenvalue weighted by Crippen LogP contribution is -2.12. The first kappa shape index (κ1) is 14.2. The van der Waals surface area contributed by atoms with Gasteiger partial charge in [0.05, 0.1) is 18.0 Å². The summed E-state index contributed by atoms with van der Waals surface area (Å²) in [4.78, 5) is 4.34. The third-order valence-corrected chi connectivity index (χ3v) is 3.64. The lowest BCUT2D eigenvalue weighted by Gasteiger charge is -1.99. The van der Waals surface area contributed by atoms with Gasteiger partial charge >= 0.3 is 0 Å². The molecule has 0 aliphatic carbocycles. The quantitative estimate of drug-likeness (QED) is 0.619. The minimum atomic E-state index is 0.706. The van der Waals surface area contributed by atoms with Crippen molar-refractivity contribution < 1.29 is 8.83 Å². The fourth-order valence-corrected chi connectivity index (χ4v) is 2.43. The fraction of sp³-hybridized carbons (Fsp3) is 0.500. The zero-order chi connectivity index (χ0) is 13.7. The molecule has 0 radical (unpaired) electrons. The summed E-state index contributed by atoms with van der Waals surface area (Å²) in [5, 5.41) is 4.02. The van der Waals surface area contributed by atoms with Crippen molar-refractivity contribution in [2.24, 2.45) is 0 Å². The molecule has 0 saturated heterocycles. The van der Waals surface area contributed by atoms with E-state index in [2.05, 4.69) is 17.2 Å². The van der Waals surface area contributed by atoms with E-state index in [9.17, 15) is 0 Å². The van der Waals surface area contributed by atoms with Crippen molar-refractivity contribution in [1.82, 2.24) is 10.3 Å². The van der Waals surface area contributed by atoms with Crippen molar-refractivity contribution in [2.45, 2.75) is 44.7 Å². The fourth-order valence-electron chi connectivity index (χ4n) is 1.62. The first-order valence-electron chi connectivity index (χ1n) is 6.54. The summed E-state index contributed by atoms with van der Waals surface area (Å²) in [5.74, 6) is 3.55. The van der Waals surface area contributed by atoms with Crippen molar-refractivity contribution in [1.29, 1.82) is 0 Å². The Bertz CT molecular complexity index is 500. The smallest absolute Gasteiger partial charge is 0.256 e. The lowest BCUT2D eigenvalue weighted by atomic mass is 10.4. The SMILES string of the molecule is CCCNCc1ccc(CSc2nc(C)c(C)o2)o1. The Morgan fingerprint density at radius 3 is 2.68 bits per heavy atom. The van der Waals surface area contributed by atoms with Crippen molar-refractivity contribution in [2.75, 3.05) is 6.54 Å². The summed E-state index contributed by atoms with van der Waals surface area (Å²) < 4.78 is 11.3. The predicted molar refractivity (Wildman–Crippen MR) is 76.2 cm³/mol. The van der Waals surface area contributed by atoms with Crippen LogP contribution in [0.4, 0.5) is 0 Å². The summed E-state index contributed by atoms with van der Waals surface area (Å²) in [5.41, 5.74) is 0.950. The summed E-state index contributed by atoms with van der Waals surface area (Å²) in [6.07, 6.45) is 1.13. The molecule has 0 aliphatic heterocycles. The molecule has 0 spiro atoms. The van der Waals surface area contributed by atoms with Crippen LogP contribution in [0.2, 0.25) is 0 Å². The van der Waals surface area contributed by atoms with Crippen LogP contribution in [0.25, 0.3) is 0 Å². The third kappa shape index (κ3) is 4.14. The molecular formula is C14H20N2O2S. The van der Waals surface area contributed by atoms with Gasteiger partial charge in [0, 0.05) is 0 Å². The van der Waals surface area contributed by atoms with Gasteiger partial charge in [0.1, 0.15) is 17.3 Å². The van der Waals surface area contributed by atoms with Crippen LogP contribution in [-0.4, -0.2) is 11.5 Å². The first-order valence-corrected chi connectivity index (χ1v) is 7.52. The van der Waals surface area contributed by atoms with Crippen molar-refractivity contribution in [3.63, 3.8) is 0 Å². The van der Waals surface area contributed by atoms with Crippen LogP contribution in [0.3, 0.4) is 0 Å². The largest absolute Gasteiger partial charge is 0.464 e. The van der Waals surface area contributed by atoms with Gasteiger partial charge in [-0.15, -0.1) is 0 Å². The number of furan rings is 1. The molecule has 0 amide bonds. The van der Waals surface area contributed by atoms with Crippen LogP contribution in [0.1, 0.15) is 36.3 Å². The van der Waals surface area contributed by atoms with Crippen LogP contribution < -0.4 is 5.32 Å². The molecule has 2 aromatic rings. The Balaban J connectivity index is 1.82. The molecule has 1 N–H and O–H groups in total. The van der Waals surface area contributed by atoms with E-state index >= 15 is 0 Å². The first-order chi connectivity index (χ1) is 9.19. The topological polar surface area (TPSA) is 51.2 Å². The molecule has 0 atom stereocenters. The second-order valence-corrected chi connectivity index (χ2v) is 5.38. The van der Waals surface area contributed by atoms with Crippen LogP contribution in [-0.2, 0) is 12.3 Å². The number of aryl methyl sites for hydroxylation is 2. The molecule has 0 unspecified atom stereocenters. The van der Waals surface area contributed by atoms with Gasteiger partial charge in [-0.2, -0.15) is 0 Å². The minimum absolute atomic E-state index is 0.706. The molecule has 0 saturated carbocycles. The van der Waals surface area contributed by atoms with Gasteiger partial charge < -0.3 is 14.2 Å². The van der Waals surface area contributed by atoms with E-state index < -0.39 is 0 Å². The average molecular weight is 280 g/mol. The van der Waals surface area contributed by atoms with Gasteiger partial charge in [0.15, 0.2) is 0 Å². The zero-order valence-corrected chi connectivity index (χ0v) is 12.5. The Morgan fingerprint density at radius 2 is 2.00 bits per heavy atom. The number of nitrogens with zero attached hydrogens (tertiary/aromatic N) is 1. The monoisotopic (exact) mass is 280 g/mol. The predicted octanol–water partition coefficient (Wildman–Crippen LogP) is 3.68. The maximum atomic E-state index is 5.74. The van der Waals surface area contributed by atoms with Crippen LogP contribution in [0, 0.1) is 13.8 Å². The highest BCUT2D eigenvalue weighted by atomic mass is 32.2. The van der Waals surface area contributed by atoms with Crippen molar-refractivity contribution >= 4 is 11.8 Å². The Hall–Kier alpha value is -1.20. The standard InChI is InChI=1S/C14H20N2O2S/c1-4-7-15-8-12-5-6-13(18-12)9-19-14-16-10(2)11(3)17-14/h5-6,15H,4,7-9H2,1-3H3. The van der Waals surface area contributed by atoms with Crippen LogP contribution in [0.5, 0.6) is 0 Å². The number of nitrogens with one attached hydrogen (secondary N) is 1. The van der Waals surface area contributed by atoms with E-state index in [1.54, 1.807) is 11.8 Å². The minimum Gasteiger partial charge on any atom is -0.464 e. The zero-order valence-electron chi connectivity index (χ0n) is 11.7. The molecule has 0 aromatic carbocycles. The molecule has 0 bridgehead atoms. The van der Waals surface area contributed by atoms with Gasteiger partial charge in [-0.3, -0.25) is 0 Å². The van der Waals surface area contributed by atoms with Crippen molar-refractivity contribution in [3.8, 4) is 0 Å². The Morgan fingerprint density at radius 1 is 1.21 bits per heavy atom. The summed E-state index contributed by atoms with van der Waals surface area (Å²) >= 11 is 1.56. The summed E-state index contributed by atoms with van der Waals surface area (Å²) in [6, 6.07) is 4.03. The van der Waals surface area contributed by atoms with Crippen molar-refractivity contribution in [3.05, 3.63) is 35.1 Å². The lowest BCUT2D eigenvalue weighted by molar-refractivity contribution is 0.429. The van der Waals surface area contributed by atoms with Gasteiger partial charge in [0.25, 0.3) is 5.22 Å². The van der Waals surface area contributed by atoms with Gasteiger partial charge in [-0.1, -0.05) is 18.7 Å². The Labute approximate surface area is 118 Å². The van der Waals surface area contributed by atoms with E-state index in [-0.39, 0.29) is 0 Å². The second kappa shape index (κ2) is 6.82. The molecule has 0 fully saturated rings. The number of oxazole rings is 1. The second-order valence-electron chi connectivity index (χ2n) is 4.45. The van der Waals surface area contributed by atoms with E-state index in [1.165, 1.54) is 0 Å². The molecule has 104 valence electrons. The van der Waals surface area contributed by atoms with E-state index in [0.717, 1.165) is 48.2 Å². The van der Waals surface area contributed by atoms with Gasteiger partial charge in [-0.05, 0) is 38.9 Å². The van der Waals surface area contributed by atoms with E-state index in [1.807, 2.05) is 26.0 Å². The maximum absolute atomic E-state index is 5.74. The van der Waals surface area contributed by atoms with Gasteiger partial charge in [0.2, 0.25) is 0 Å². The molecular weight excluding hydrogens is 260 g/mol. The molecule has 19 heavy (non-hydrogen) atoms. The highest BCUT2D eigenvalue weighted by Crippen LogP contribution is 2.24. The van der Waals surface area contributed by atoms with Crippen LogP contribution in [0.15, 0.2) is 26.2 Å².